The molecule has 4 nitrogen and oxygen atoms in total. The first-order valence-corrected chi connectivity index (χ1v) is 7.58. The van der Waals surface area contributed by atoms with E-state index in [1.54, 1.807) is 19.2 Å². The van der Waals surface area contributed by atoms with Crippen LogP contribution in [0, 0.1) is 0 Å². The molecule has 0 atom stereocenters. The molecule has 4 heteroatoms. The third-order valence-corrected chi connectivity index (χ3v) is 3.24. The Hall–Kier alpha value is -2.33. The predicted molar refractivity (Wildman–Crippen MR) is 89.3 cm³/mol. The zero-order valence-electron chi connectivity index (χ0n) is 13.7. The molecule has 0 aliphatic rings. The van der Waals surface area contributed by atoms with Crippen molar-refractivity contribution in [2.45, 2.75) is 26.4 Å². The number of carbonyl (C=O) groups excluding carboxylic acids is 1. The minimum Gasteiger partial charge on any atom is -0.491 e. The van der Waals surface area contributed by atoms with Gasteiger partial charge in [-0.05, 0) is 55.3 Å². The maximum atomic E-state index is 11.0. The molecule has 23 heavy (non-hydrogen) atoms. The lowest BCUT2D eigenvalue weighted by atomic mass is 10.0. The molecule has 122 valence electrons. The van der Waals surface area contributed by atoms with Crippen LogP contribution in [0.4, 0.5) is 0 Å². The van der Waals surface area contributed by atoms with Crippen LogP contribution in [0.25, 0.3) is 0 Å². The van der Waals surface area contributed by atoms with Crippen molar-refractivity contribution >= 4 is 6.29 Å². The molecule has 0 unspecified atom stereocenters. The second-order valence-corrected chi connectivity index (χ2v) is 5.52. The summed E-state index contributed by atoms with van der Waals surface area (Å²) < 4.78 is 16.2. The summed E-state index contributed by atoms with van der Waals surface area (Å²) in [5, 5.41) is 0. The summed E-state index contributed by atoms with van der Waals surface area (Å²) in [6.45, 7) is 4.17. The van der Waals surface area contributed by atoms with Crippen molar-refractivity contribution in [3.63, 3.8) is 0 Å². The highest BCUT2D eigenvalue weighted by molar-refractivity contribution is 5.75. The van der Waals surface area contributed by atoms with E-state index < -0.39 is 0 Å². The van der Waals surface area contributed by atoms with Gasteiger partial charge >= 0.3 is 0 Å². The molecule has 0 aromatic heterocycles. The Kier molecular flexibility index (Phi) is 6.18. The minimum atomic E-state index is 0.152. The minimum absolute atomic E-state index is 0.152. The number of ether oxygens (including phenoxy) is 3. The fourth-order valence-electron chi connectivity index (χ4n) is 2.25. The Morgan fingerprint density at radius 1 is 1.09 bits per heavy atom. The molecule has 0 saturated heterocycles. The van der Waals surface area contributed by atoms with Crippen LogP contribution in [0.5, 0.6) is 11.5 Å². The summed E-state index contributed by atoms with van der Waals surface area (Å²) in [6.07, 6.45) is 1.66. The van der Waals surface area contributed by atoms with E-state index in [0.717, 1.165) is 28.9 Å². The third-order valence-electron chi connectivity index (χ3n) is 3.24. The first kappa shape index (κ1) is 17.0. The Labute approximate surface area is 137 Å². The van der Waals surface area contributed by atoms with Gasteiger partial charge in [-0.1, -0.05) is 12.1 Å². The average Bonchev–Trinajstić information content (AvgIpc) is 2.55. The second-order valence-electron chi connectivity index (χ2n) is 5.52. The van der Waals surface area contributed by atoms with Crippen molar-refractivity contribution in [1.82, 2.24) is 0 Å². The Balaban J connectivity index is 2.18. The molecule has 0 aliphatic carbocycles. The van der Waals surface area contributed by atoms with Crippen LogP contribution in [-0.2, 0) is 11.2 Å². The van der Waals surface area contributed by atoms with Gasteiger partial charge in [0.1, 0.15) is 17.8 Å². The Morgan fingerprint density at radius 2 is 1.83 bits per heavy atom. The highest BCUT2D eigenvalue weighted by Gasteiger charge is 2.07. The lowest BCUT2D eigenvalue weighted by Crippen LogP contribution is -2.05. The molecule has 0 saturated carbocycles. The normalized spacial score (nSPS) is 10.6. The molecular weight excluding hydrogens is 292 g/mol. The maximum Gasteiger partial charge on any atom is 0.188 e. The number of rotatable bonds is 8. The largest absolute Gasteiger partial charge is 0.491 e. The zero-order valence-corrected chi connectivity index (χ0v) is 13.7. The SMILES string of the molecule is COCOc1ccc(C=O)cc1Cc1ccc(OC(C)C)cc1. The summed E-state index contributed by atoms with van der Waals surface area (Å²) in [5.74, 6) is 1.57. The van der Waals surface area contributed by atoms with Crippen molar-refractivity contribution in [3.8, 4) is 11.5 Å². The molecular formula is C19H22O4. The van der Waals surface area contributed by atoms with E-state index >= 15 is 0 Å². The average molecular weight is 314 g/mol. The molecule has 2 aromatic carbocycles. The van der Waals surface area contributed by atoms with Gasteiger partial charge in [0.2, 0.25) is 0 Å². The zero-order chi connectivity index (χ0) is 16.7. The van der Waals surface area contributed by atoms with E-state index in [0.29, 0.717) is 12.0 Å². The second kappa shape index (κ2) is 8.34. The molecule has 0 spiro atoms. The van der Waals surface area contributed by atoms with Gasteiger partial charge in [-0.2, -0.15) is 0 Å². The number of benzene rings is 2. The van der Waals surface area contributed by atoms with Crippen LogP contribution in [0.1, 0.15) is 35.3 Å². The molecule has 0 bridgehead atoms. The van der Waals surface area contributed by atoms with Gasteiger partial charge in [0.25, 0.3) is 0 Å². The first-order valence-electron chi connectivity index (χ1n) is 7.58. The lowest BCUT2D eigenvalue weighted by Gasteiger charge is -2.13. The van der Waals surface area contributed by atoms with Gasteiger partial charge in [0.15, 0.2) is 6.79 Å². The van der Waals surface area contributed by atoms with Gasteiger partial charge in [-0.3, -0.25) is 4.79 Å². The monoisotopic (exact) mass is 314 g/mol. The fraction of sp³-hybridized carbons (Fsp3) is 0.316. The van der Waals surface area contributed by atoms with Gasteiger partial charge in [0.05, 0.1) is 6.10 Å². The summed E-state index contributed by atoms with van der Waals surface area (Å²) in [5.41, 5.74) is 2.69. The van der Waals surface area contributed by atoms with Gasteiger partial charge in [-0.25, -0.2) is 0 Å². The van der Waals surface area contributed by atoms with Crippen LogP contribution < -0.4 is 9.47 Å². The van der Waals surface area contributed by atoms with Crippen LogP contribution in [0.3, 0.4) is 0 Å². The highest BCUT2D eigenvalue weighted by atomic mass is 16.7. The van der Waals surface area contributed by atoms with Gasteiger partial charge in [0, 0.05) is 19.1 Å². The van der Waals surface area contributed by atoms with E-state index in [1.807, 2.05) is 44.2 Å². The third kappa shape index (κ3) is 5.11. The smallest absolute Gasteiger partial charge is 0.188 e. The maximum absolute atomic E-state index is 11.0. The standard InChI is InChI=1S/C19H22O4/c1-14(2)23-18-7-4-15(5-8-18)10-17-11-16(12-20)6-9-19(17)22-13-21-3/h4-9,11-12,14H,10,13H2,1-3H3. The number of hydrogen-bond donors (Lipinski definition) is 0. The molecule has 2 aromatic rings. The van der Waals surface area contributed by atoms with E-state index in [1.165, 1.54) is 0 Å². The number of carbonyl (C=O) groups is 1. The van der Waals surface area contributed by atoms with Crippen molar-refractivity contribution in [1.29, 1.82) is 0 Å². The van der Waals surface area contributed by atoms with Crippen molar-refractivity contribution in [2.75, 3.05) is 13.9 Å². The van der Waals surface area contributed by atoms with Crippen LogP contribution in [-0.4, -0.2) is 26.3 Å². The summed E-state index contributed by atoms with van der Waals surface area (Å²) in [7, 11) is 1.58. The molecule has 0 aliphatic heterocycles. The topological polar surface area (TPSA) is 44.8 Å². The van der Waals surface area contributed by atoms with Gasteiger partial charge < -0.3 is 14.2 Å². The fourth-order valence-corrected chi connectivity index (χ4v) is 2.25. The summed E-state index contributed by atoms with van der Waals surface area (Å²) >= 11 is 0. The van der Waals surface area contributed by atoms with Crippen molar-refractivity contribution < 1.29 is 19.0 Å². The van der Waals surface area contributed by atoms with Crippen molar-refractivity contribution in [2.24, 2.45) is 0 Å². The Bertz CT molecular complexity index is 632. The number of aldehydes is 1. The van der Waals surface area contributed by atoms with Gasteiger partial charge in [-0.15, -0.1) is 0 Å². The van der Waals surface area contributed by atoms with Crippen LogP contribution in [0.2, 0.25) is 0 Å². The first-order chi connectivity index (χ1) is 11.1. The van der Waals surface area contributed by atoms with E-state index in [2.05, 4.69) is 0 Å². The molecule has 0 N–H and O–H groups in total. The number of methoxy groups -OCH3 is 1. The number of hydrogen-bond acceptors (Lipinski definition) is 4. The van der Waals surface area contributed by atoms with E-state index in [-0.39, 0.29) is 12.9 Å². The molecule has 0 heterocycles. The van der Waals surface area contributed by atoms with Crippen LogP contribution >= 0.6 is 0 Å². The molecule has 0 amide bonds. The Morgan fingerprint density at radius 3 is 2.43 bits per heavy atom. The molecule has 0 fully saturated rings. The quantitative estimate of drug-likeness (QED) is 0.548. The molecule has 0 radical (unpaired) electrons. The summed E-state index contributed by atoms with van der Waals surface area (Å²) in [6, 6.07) is 13.3. The van der Waals surface area contributed by atoms with Crippen LogP contribution in [0.15, 0.2) is 42.5 Å². The highest BCUT2D eigenvalue weighted by Crippen LogP contribution is 2.24. The van der Waals surface area contributed by atoms with E-state index in [9.17, 15) is 4.79 Å². The van der Waals surface area contributed by atoms with Crippen molar-refractivity contribution in [3.05, 3.63) is 59.2 Å². The lowest BCUT2D eigenvalue weighted by molar-refractivity contribution is 0.0505. The van der Waals surface area contributed by atoms with E-state index in [4.69, 9.17) is 14.2 Å². The molecule has 2 rings (SSSR count). The predicted octanol–water partition coefficient (Wildman–Crippen LogP) is 3.86. The summed E-state index contributed by atoms with van der Waals surface area (Å²) in [4.78, 5) is 11.0.